The maximum absolute atomic E-state index is 11.8. The molecule has 190 valence electrons. The number of benzene rings is 1. The third-order valence-electron chi connectivity index (χ3n) is 4.99. The Kier molecular flexibility index (Phi) is 11.9. The van der Waals surface area contributed by atoms with Crippen LogP contribution in [0.3, 0.4) is 0 Å². The van der Waals surface area contributed by atoms with E-state index in [2.05, 4.69) is 29.5 Å². The standard InChI is InChI=1S/C24H33IO9/c1-5-6-7-8-13-29-18-9-11-19(12-10-18)33-24-23(32-17(4)28)22(31-16(3)27)21(30-15(2)26)20(14-25)34-24/h9-12,20-24H,5-8,13-14H2,1-4H3/t20-,21+,22+,23-,24-/m0/s1. The van der Waals surface area contributed by atoms with Crippen LogP contribution in [0.15, 0.2) is 24.3 Å². The molecule has 1 aromatic rings. The fourth-order valence-electron chi connectivity index (χ4n) is 3.54. The van der Waals surface area contributed by atoms with E-state index in [4.69, 9.17) is 28.4 Å². The summed E-state index contributed by atoms with van der Waals surface area (Å²) in [7, 11) is 0. The highest BCUT2D eigenvalue weighted by atomic mass is 127. The van der Waals surface area contributed by atoms with Crippen molar-refractivity contribution in [3.8, 4) is 11.5 Å². The Labute approximate surface area is 213 Å². The van der Waals surface area contributed by atoms with Crippen molar-refractivity contribution in [3.63, 3.8) is 0 Å². The molecule has 9 nitrogen and oxygen atoms in total. The molecule has 2 rings (SSSR count). The Morgan fingerprint density at radius 3 is 1.94 bits per heavy atom. The molecular weight excluding hydrogens is 559 g/mol. The summed E-state index contributed by atoms with van der Waals surface area (Å²) in [5.41, 5.74) is 0. The molecule has 0 aliphatic carbocycles. The van der Waals surface area contributed by atoms with Crippen LogP contribution in [0.5, 0.6) is 11.5 Å². The molecule has 0 amide bonds. The molecule has 0 radical (unpaired) electrons. The number of alkyl halides is 1. The van der Waals surface area contributed by atoms with Gasteiger partial charge in [0.25, 0.3) is 0 Å². The van der Waals surface area contributed by atoms with Gasteiger partial charge in [0.1, 0.15) is 17.6 Å². The maximum Gasteiger partial charge on any atom is 0.303 e. The van der Waals surface area contributed by atoms with Gasteiger partial charge in [0.2, 0.25) is 12.4 Å². The minimum absolute atomic E-state index is 0.408. The van der Waals surface area contributed by atoms with Gasteiger partial charge in [-0.2, -0.15) is 0 Å². The monoisotopic (exact) mass is 592 g/mol. The van der Waals surface area contributed by atoms with Crippen LogP contribution in [0.4, 0.5) is 0 Å². The molecule has 10 heteroatoms. The average molecular weight is 592 g/mol. The van der Waals surface area contributed by atoms with Crippen molar-refractivity contribution in [2.24, 2.45) is 0 Å². The smallest absolute Gasteiger partial charge is 0.303 e. The molecule has 1 aromatic carbocycles. The third-order valence-corrected chi connectivity index (χ3v) is 5.86. The molecule has 1 saturated heterocycles. The lowest BCUT2D eigenvalue weighted by molar-refractivity contribution is -0.279. The van der Waals surface area contributed by atoms with Gasteiger partial charge in [-0.15, -0.1) is 0 Å². The second kappa shape index (κ2) is 14.3. The van der Waals surface area contributed by atoms with Gasteiger partial charge in [0.15, 0.2) is 12.2 Å². The second-order valence-electron chi connectivity index (χ2n) is 7.92. The lowest BCUT2D eigenvalue weighted by atomic mass is 9.99. The fourth-order valence-corrected chi connectivity index (χ4v) is 4.25. The molecule has 1 aliphatic rings. The van der Waals surface area contributed by atoms with E-state index in [1.807, 2.05) is 0 Å². The molecule has 1 aliphatic heterocycles. The van der Waals surface area contributed by atoms with Crippen molar-refractivity contribution in [2.75, 3.05) is 11.0 Å². The van der Waals surface area contributed by atoms with E-state index in [0.29, 0.717) is 22.5 Å². The molecule has 1 heterocycles. The van der Waals surface area contributed by atoms with Gasteiger partial charge >= 0.3 is 17.9 Å². The minimum Gasteiger partial charge on any atom is -0.494 e. The molecule has 0 unspecified atom stereocenters. The normalized spacial score (nSPS) is 24.1. The zero-order valence-corrected chi connectivity index (χ0v) is 22.1. The Bertz CT molecular complexity index is 798. The number of unbranched alkanes of at least 4 members (excludes halogenated alkanes) is 3. The summed E-state index contributed by atoms with van der Waals surface area (Å²) in [4.78, 5) is 35.3. The molecule has 0 spiro atoms. The molecular formula is C24H33IO9. The highest BCUT2D eigenvalue weighted by Crippen LogP contribution is 2.32. The van der Waals surface area contributed by atoms with Gasteiger partial charge in [0.05, 0.1) is 6.61 Å². The quantitative estimate of drug-likeness (QED) is 0.117. The molecule has 0 N–H and O–H groups in total. The largest absolute Gasteiger partial charge is 0.494 e. The zero-order valence-electron chi connectivity index (χ0n) is 20.0. The van der Waals surface area contributed by atoms with Crippen molar-refractivity contribution in [3.05, 3.63) is 24.3 Å². The molecule has 34 heavy (non-hydrogen) atoms. The van der Waals surface area contributed by atoms with Gasteiger partial charge in [-0.25, -0.2) is 0 Å². The number of carbonyl (C=O) groups excluding carboxylic acids is 3. The van der Waals surface area contributed by atoms with E-state index in [9.17, 15) is 14.4 Å². The molecule has 5 atom stereocenters. The van der Waals surface area contributed by atoms with Crippen LogP contribution in [0.1, 0.15) is 53.4 Å². The molecule has 0 aromatic heterocycles. The first-order chi connectivity index (χ1) is 16.2. The topological polar surface area (TPSA) is 107 Å². The molecule has 0 bridgehead atoms. The van der Waals surface area contributed by atoms with Gasteiger partial charge in [-0.1, -0.05) is 48.8 Å². The number of hydrogen-bond acceptors (Lipinski definition) is 9. The van der Waals surface area contributed by atoms with E-state index in [1.165, 1.54) is 33.6 Å². The maximum atomic E-state index is 11.8. The van der Waals surface area contributed by atoms with Crippen molar-refractivity contribution in [1.82, 2.24) is 0 Å². The van der Waals surface area contributed by atoms with Gasteiger partial charge < -0.3 is 28.4 Å². The number of esters is 3. The summed E-state index contributed by atoms with van der Waals surface area (Å²) in [6.07, 6.45) is -0.500. The second-order valence-corrected chi connectivity index (χ2v) is 8.80. The summed E-state index contributed by atoms with van der Waals surface area (Å²) in [6.45, 7) is 6.49. The van der Waals surface area contributed by atoms with Crippen molar-refractivity contribution >= 4 is 40.5 Å². The van der Waals surface area contributed by atoms with Crippen molar-refractivity contribution < 1.29 is 42.8 Å². The van der Waals surface area contributed by atoms with Crippen LogP contribution in [0, 0.1) is 0 Å². The van der Waals surface area contributed by atoms with E-state index in [0.717, 1.165) is 12.8 Å². The summed E-state index contributed by atoms with van der Waals surface area (Å²) < 4.78 is 34.4. The summed E-state index contributed by atoms with van der Waals surface area (Å²) in [6, 6.07) is 6.99. The average Bonchev–Trinajstić information content (AvgIpc) is 2.77. The highest BCUT2D eigenvalue weighted by Gasteiger charge is 2.52. The Hall–Kier alpha value is -2.08. The van der Waals surface area contributed by atoms with E-state index in [1.54, 1.807) is 24.3 Å². The van der Waals surface area contributed by atoms with Crippen LogP contribution in [-0.4, -0.2) is 59.6 Å². The van der Waals surface area contributed by atoms with Crippen LogP contribution in [0.25, 0.3) is 0 Å². The first kappa shape index (κ1) is 28.2. The van der Waals surface area contributed by atoms with Gasteiger partial charge in [-0.3, -0.25) is 14.4 Å². The predicted octanol–water partition coefficient (Wildman–Crippen LogP) is 3.98. The Balaban J connectivity index is 2.18. The highest BCUT2D eigenvalue weighted by molar-refractivity contribution is 14.1. The Morgan fingerprint density at radius 1 is 0.824 bits per heavy atom. The number of ether oxygens (including phenoxy) is 6. The number of rotatable bonds is 12. The van der Waals surface area contributed by atoms with E-state index in [-0.39, 0.29) is 0 Å². The zero-order chi connectivity index (χ0) is 25.1. The summed E-state index contributed by atoms with van der Waals surface area (Å²) >= 11 is 2.07. The van der Waals surface area contributed by atoms with Crippen molar-refractivity contribution in [1.29, 1.82) is 0 Å². The predicted molar refractivity (Wildman–Crippen MR) is 131 cm³/mol. The SMILES string of the molecule is CCCCCCOc1ccc(O[C@H]2O[C@@H](CI)[C@@H](OC(C)=O)[C@@H](OC(C)=O)[C@@H]2OC(C)=O)cc1. The fraction of sp³-hybridized carbons (Fsp3) is 0.625. The van der Waals surface area contributed by atoms with Crippen LogP contribution in [-0.2, 0) is 33.3 Å². The lowest BCUT2D eigenvalue weighted by Crippen LogP contribution is -2.63. The first-order valence-corrected chi connectivity index (χ1v) is 12.9. The van der Waals surface area contributed by atoms with Gasteiger partial charge in [0, 0.05) is 25.2 Å². The summed E-state index contributed by atoms with van der Waals surface area (Å²) in [5.74, 6) is -0.664. The third kappa shape index (κ3) is 8.94. The van der Waals surface area contributed by atoms with Crippen LogP contribution < -0.4 is 9.47 Å². The molecule has 0 saturated carbocycles. The van der Waals surface area contributed by atoms with E-state index >= 15 is 0 Å². The first-order valence-electron chi connectivity index (χ1n) is 11.4. The lowest BCUT2D eigenvalue weighted by Gasteiger charge is -2.43. The van der Waals surface area contributed by atoms with E-state index < -0.39 is 48.6 Å². The number of halogens is 1. The molecule has 1 fully saturated rings. The van der Waals surface area contributed by atoms with Gasteiger partial charge in [-0.05, 0) is 30.7 Å². The summed E-state index contributed by atoms with van der Waals surface area (Å²) in [5, 5.41) is 0. The minimum atomic E-state index is -1.15. The van der Waals surface area contributed by atoms with Crippen molar-refractivity contribution in [2.45, 2.75) is 84.1 Å². The number of hydrogen-bond donors (Lipinski definition) is 0. The van der Waals surface area contributed by atoms with Crippen LogP contribution in [0.2, 0.25) is 0 Å². The van der Waals surface area contributed by atoms with Crippen LogP contribution >= 0.6 is 22.6 Å². The Morgan fingerprint density at radius 2 is 1.38 bits per heavy atom. The number of carbonyl (C=O) groups is 3.